The first kappa shape index (κ1) is 17.1. The number of anilines is 1. The number of carbonyl (C=O) groups excluding carboxylic acids is 1. The van der Waals surface area contributed by atoms with Gasteiger partial charge in [0.2, 0.25) is 5.91 Å². The molecule has 0 aliphatic heterocycles. The Morgan fingerprint density at radius 1 is 1.25 bits per heavy atom. The molecule has 0 spiro atoms. The number of likely N-dealkylation sites (N-methyl/N-ethyl adjacent to an activating group) is 1. The SMILES string of the molecule is C[C@H](C(=O)Nc1ccc(Br)cc1)N(C)Cc1nc2ccccc2s1. The maximum atomic E-state index is 12.4. The van der Waals surface area contributed by atoms with Gasteiger partial charge >= 0.3 is 0 Å². The molecule has 1 aromatic heterocycles. The van der Waals surface area contributed by atoms with E-state index in [1.54, 1.807) is 11.3 Å². The maximum absolute atomic E-state index is 12.4. The van der Waals surface area contributed by atoms with E-state index in [0.29, 0.717) is 6.54 Å². The van der Waals surface area contributed by atoms with E-state index in [1.807, 2.05) is 61.3 Å². The molecule has 0 radical (unpaired) electrons. The molecule has 4 nitrogen and oxygen atoms in total. The summed E-state index contributed by atoms with van der Waals surface area (Å²) in [6.07, 6.45) is 0. The number of thiazole rings is 1. The molecule has 124 valence electrons. The number of carbonyl (C=O) groups is 1. The van der Waals surface area contributed by atoms with Crippen molar-refractivity contribution in [3.63, 3.8) is 0 Å². The second-order valence-electron chi connectivity index (χ2n) is 5.66. The molecule has 0 saturated heterocycles. The van der Waals surface area contributed by atoms with Crippen LogP contribution in [-0.4, -0.2) is 28.9 Å². The Balaban J connectivity index is 1.63. The van der Waals surface area contributed by atoms with Crippen LogP contribution in [0.2, 0.25) is 0 Å². The Labute approximate surface area is 153 Å². The normalized spacial score (nSPS) is 12.5. The van der Waals surface area contributed by atoms with Crippen molar-refractivity contribution in [2.24, 2.45) is 0 Å². The van der Waals surface area contributed by atoms with Crippen molar-refractivity contribution < 1.29 is 4.79 Å². The third-order valence-electron chi connectivity index (χ3n) is 3.88. The van der Waals surface area contributed by atoms with Gasteiger partial charge in [-0.2, -0.15) is 0 Å². The number of aromatic nitrogens is 1. The predicted octanol–water partition coefficient (Wildman–Crippen LogP) is 4.52. The van der Waals surface area contributed by atoms with Gasteiger partial charge < -0.3 is 5.32 Å². The molecule has 0 aliphatic rings. The Hall–Kier alpha value is -1.76. The Morgan fingerprint density at radius 3 is 2.67 bits per heavy atom. The molecule has 1 atom stereocenters. The van der Waals surface area contributed by atoms with Crippen molar-refractivity contribution >= 4 is 49.1 Å². The first-order valence-corrected chi connectivity index (χ1v) is 9.25. The third-order valence-corrected chi connectivity index (χ3v) is 5.43. The summed E-state index contributed by atoms with van der Waals surface area (Å²) in [6, 6.07) is 15.4. The van der Waals surface area contributed by atoms with Crippen LogP contribution in [0.1, 0.15) is 11.9 Å². The number of benzene rings is 2. The molecule has 3 rings (SSSR count). The number of fused-ring (bicyclic) bond motifs is 1. The van der Waals surface area contributed by atoms with Gasteiger partial charge in [-0.05, 0) is 50.4 Å². The number of nitrogens with zero attached hydrogens (tertiary/aromatic N) is 2. The lowest BCUT2D eigenvalue weighted by Crippen LogP contribution is -2.39. The highest BCUT2D eigenvalue weighted by Gasteiger charge is 2.19. The predicted molar refractivity (Wildman–Crippen MR) is 103 cm³/mol. The molecule has 2 aromatic carbocycles. The summed E-state index contributed by atoms with van der Waals surface area (Å²) < 4.78 is 2.16. The number of nitrogens with one attached hydrogen (secondary N) is 1. The van der Waals surface area contributed by atoms with Gasteiger partial charge in [0.05, 0.1) is 22.8 Å². The molecule has 1 N–H and O–H groups in total. The first-order chi connectivity index (χ1) is 11.5. The summed E-state index contributed by atoms with van der Waals surface area (Å²) >= 11 is 5.06. The molecule has 1 amide bonds. The van der Waals surface area contributed by atoms with Crippen molar-refractivity contribution in [1.82, 2.24) is 9.88 Å². The Bertz CT molecular complexity index is 814. The summed E-state index contributed by atoms with van der Waals surface area (Å²) in [4.78, 5) is 19.1. The fourth-order valence-corrected chi connectivity index (χ4v) is 3.61. The van der Waals surface area contributed by atoms with Gasteiger partial charge in [0.1, 0.15) is 5.01 Å². The summed E-state index contributed by atoms with van der Waals surface area (Å²) in [5.74, 6) is -0.0269. The number of rotatable bonds is 5. The van der Waals surface area contributed by atoms with Crippen molar-refractivity contribution in [1.29, 1.82) is 0 Å². The standard InChI is InChI=1S/C18H18BrN3OS/c1-12(18(23)20-14-9-7-13(19)8-10-14)22(2)11-17-21-15-5-3-4-6-16(15)24-17/h3-10,12H,11H2,1-2H3,(H,20,23)/t12-/m1/s1. The van der Waals surface area contributed by atoms with Crippen LogP contribution in [-0.2, 0) is 11.3 Å². The highest BCUT2D eigenvalue weighted by atomic mass is 79.9. The minimum absolute atomic E-state index is 0.0269. The zero-order chi connectivity index (χ0) is 17.1. The summed E-state index contributed by atoms with van der Waals surface area (Å²) in [6.45, 7) is 2.55. The Kier molecular flexibility index (Phi) is 5.28. The first-order valence-electron chi connectivity index (χ1n) is 7.64. The fourth-order valence-electron chi connectivity index (χ4n) is 2.32. The minimum Gasteiger partial charge on any atom is -0.325 e. The fraction of sp³-hybridized carbons (Fsp3) is 0.222. The zero-order valence-electron chi connectivity index (χ0n) is 13.5. The summed E-state index contributed by atoms with van der Waals surface area (Å²) in [7, 11) is 1.94. The van der Waals surface area contributed by atoms with Crippen molar-refractivity contribution in [2.45, 2.75) is 19.5 Å². The van der Waals surface area contributed by atoms with Crippen molar-refractivity contribution in [3.8, 4) is 0 Å². The van der Waals surface area contributed by atoms with Crippen LogP contribution in [0.4, 0.5) is 5.69 Å². The summed E-state index contributed by atoms with van der Waals surface area (Å²) in [5.41, 5.74) is 1.81. The third kappa shape index (κ3) is 4.01. The molecule has 0 saturated carbocycles. The number of para-hydroxylation sites is 1. The molecule has 24 heavy (non-hydrogen) atoms. The zero-order valence-corrected chi connectivity index (χ0v) is 15.9. The number of amides is 1. The second kappa shape index (κ2) is 7.42. The molecule has 0 unspecified atom stereocenters. The Morgan fingerprint density at radius 2 is 1.96 bits per heavy atom. The van der Waals surface area contributed by atoms with E-state index in [-0.39, 0.29) is 11.9 Å². The van der Waals surface area contributed by atoms with Gasteiger partial charge in [-0.25, -0.2) is 4.98 Å². The van der Waals surface area contributed by atoms with Gasteiger partial charge in [-0.15, -0.1) is 11.3 Å². The van der Waals surface area contributed by atoms with Gasteiger partial charge in [-0.3, -0.25) is 9.69 Å². The molecule has 0 aliphatic carbocycles. The van der Waals surface area contributed by atoms with Gasteiger partial charge in [0.15, 0.2) is 0 Å². The molecule has 0 bridgehead atoms. The van der Waals surface area contributed by atoms with E-state index in [0.717, 1.165) is 20.7 Å². The summed E-state index contributed by atoms with van der Waals surface area (Å²) in [5, 5.41) is 3.96. The topological polar surface area (TPSA) is 45.2 Å². The quantitative estimate of drug-likeness (QED) is 0.680. The van der Waals surface area contributed by atoms with Crippen LogP contribution in [0.15, 0.2) is 53.0 Å². The van der Waals surface area contributed by atoms with E-state index >= 15 is 0 Å². The number of hydrogen-bond acceptors (Lipinski definition) is 4. The molecular weight excluding hydrogens is 386 g/mol. The average Bonchev–Trinajstić information content (AvgIpc) is 2.98. The van der Waals surface area contributed by atoms with Crippen LogP contribution in [0.25, 0.3) is 10.2 Å². The van der Waals surface area contributed by atoms with Crippen molar-refractivity contribution in [2.75, 3.05) is 12.4 Å². The van der Waals surface area contributed by atoms with Crippen LogP contribution in [0.3, 0.4) is 0 Å². The largest absolute Gasteiger partial charge is 0.325 e. The average molecular weight is 404 g/mol. The van der Waals surface area contributed by atoms with Gasteiger partial charge in [0.25, 0.3) is 0 Å². The van der Waals surface area contributed by atoms with Crippen molar-refractivity contribution in [3.05, 3.63) is 58.0 Å². The van der Waals surface area contributed by atoms with Crippen LogP contribution in [0, 0.1) is 0 Å². The molecule has 3 aromatic rings. The smallest absolute Gasteiger partial charge is 0.241 e. The second-order valence-corrected chi connectivity index (χ2v) is 7.69. The van der Waals surface area contributed by atoms with Crippen LogP contribution < -0.4 is 5.32 Å². The number of halogens is 1. The molecular formula is C18H18BrN3OS. The lowest BCUT2D eigenvalue weighted by atomic mass is 10.2. The highest BCUT2D eigenvalue weighted by Crippen LogP contribution is 2.23. The molecule has 6 heteroatoms. The highest BCUT2D eigenvalue weighted by molar-refractivity contribution is 9.10. The lowest BCUT2D eigenvalue weighted by Gasteiger charge is -2.22. The van der Waals surface area contributed by atoms with E-state index < -0.39 is 0 Å². The monoisotopic (exact) mass is 403 g/mol. The maximum Gasteiger partial charge on any atom is 0.241 e. The van der Waals surface area contributed by atoms with E-state index in [2.05, 4.69) is 32.3 Å². The van der Waals surface area contributed by atoms with Crippen LogP contribution >= 0.6 is 27.3 Å². The van der Waals surface area contributed by atoms with Gasteiger partial charge in [0, 0.05) is 10.2 Å². The molecule has 0 fully saturated rings. The number of hydrogen-bond donors (Lipinski definition) is 1. The molecule has 1 heterocycles. The van der Waals surface area contributed by atoms with E-state index in [9.17, 15) is 4.79 Å². The minimum atomic E-state index is -0.249. The van der Waals surface area contributed by atoms with E-state index in [4.69, 9.17) is 0 Å². The van der Waals surface area contributed by atoms with Crippen LogP contribution in [0.5, 0.6) is 0 Å². The lowest BCUT2D eigenvalue weighted by molar-refractivity contribution is -0.120. The van der Waals surface area contributed by atoms with E-state index in [1.165, 1.54) is 4.70 Å². The van der Waals surface area contributed by atoms with Gasteiger partial charge in [-0.1, -0.05) is 28.1 Å².